The van der Waals surface area contributed by atoms with Crippen LogP contribution in [0.1, 0.15) is 42.2 Å². The second-order valence-corrected chi connectivity index (χ2v) is 4.57. The van der Waals surface area contributed by atoms with E-state index in [-0.39, 0.29) is 6.04 Å². The van der Waals surface area contributed by atoms with Gasteiger partial charge in [0, 0.05) is 11.9 Å². The van der Waals surface area contributed by atoms with Gasteiger partial charge in [0.05, 0.1) is 6.04 Å². The average Bonchev–Trinajstić information content (AvgIpc) is 2.78. The number of hydrogen-bond acceptors (Lipinski definition) is 3. The van der Waals surface area contributed by atoms with Crippen LogP contribution >= 0.6 is 0 Å². The van der Waals surface area contributed by atoms with Gasteiger partial charge < -0.3 is 9.73 Å². The maximum absolute atomic E-state index is 5.74. The molecule has 3 nitrogen and oxygen atoms in total. The Kier molecular flexibility index (Phi) is 4.15. The van der Waals surface area contributed by atoms with Crippen LogP contribution < -0.4 is 5.32 Å². The predicted molar refractivity (Wildman–Crippen MR) is 72.6 cm³/mol. The minimum atomic E-state index is 0.0896. The van der Waals surface area contributed by atoms with Crippen molar-refractivity contribution in [2.75, 3.05) is 6.54 Å². The highest BCUT2D eigenvalue weighted by atomic mass is 16.3. The molecule has 1 atom stereocenters. The summed E-state index contributed by atoms with van der Waals surface area (Å²) < 4.78 is 5.74. The number of aromatic nitrogens is 1. The number of hydrogen-bond donors (Lipinski definition) is 1. The van der Waals surface area contributed by atoms with Gasteiger partial charge in [-0.2, -0.15) is 0 Å². The first-order valence-corrected chi connectivity index (χ1v) is 6.43. The summed E-state index contributed by atoms with van der Waals surface area (Å²) in [5.41, 5.74) is 2.17. The second-order valence-electron chi connectivity index (χ2n) is 4.57. The SMILES string of the molecule is CCCNC(c1ccc(C)nc1)c1ccc(C)o1. The fourth-order valence-electron chi connectivity index (χ4n) is 1.93. The van der Waals surface area contributed by atoms with Crippen LogP contribution in [0.3, 0.4) is 0 Å². The van der Waals surface area contributed by atoms with Gasteiger partial charge in [0.25, 0.3) is 0 Å². The molecular formula is C15H20N2O. The molecule has 0 radical (unpaired) electrons. The Morgan fingerprint density at radius 1 is 1.22 bits per heavy atom. The molecule has 0 saturated carbocycles. The quantitative estimate of drug-likeness (QED) is 0.876. The van der Waals surface area contributed by atoms with Crippen LogP contribution in [0.2, 0.25) is 0 Å². The van der Waals surface area contributed by atoms with E-state index in [2.05, 4.69) is 23.3 Å². The fourth-order valence-corrected chi connectivity index (χ4v) is 1.93. The lowest BCUT2D eigenvalue weighted by Crippen LogP contribution is -2.22. The molecule has 0 aromatic carbocycles. The lowest BCUT2D eigenvalue weighted by atomic mass is 10.1. The van der Waals surface area contributed by atoms with Crippen molar-refractivity contribution in [2.24, 2.45) is 0 Å². The molecule has 0 amide bonds. The highest BCUT2D eigenvalue weighted by Gasteiger charge is 2.16. The fraction of sp³-hybridized carbons (Fsp3) is 0.400. The van der Waals surface area contributed by atoms with E-state index in [0.29, 0.717) is 0 Å². The van der Waals surface area contributed by atoms with E-state index in [4.69, 9.17) is 4.42 Å². The summed E-state index contributed by atoms with van der Waals surface area (Å²) >= 11 is 0. The molecular weight excluding hydrogens is 224 g/mol. The maximum atomic E-state index is 5.74. The van der Waals surface area contributed by atoms with Crippen LogP contribution in [-0.4, -0.2) is 11.5 Å². The van der Waals surface area contributed by atoms with E-state index in [0.717, 1.165) is 35.7 Å². The third-order valence-corrected chi connectivity index (χ3v) is 2.91. The van der Waals surface area contributed by atoms with Gasteiger partial charge in [-0.25, -0.2) is 0 Å². The molecule has 2 heterocycles. The van der Waals surface area contributed by atoms with Crippen molar-refractivity contribution in [3.8, 4) is 0 Å². The number of furan rings is 1. The first-order chi connectivity index (χ1) is 8.70. The molecule has 18 heavy (non-hydrogen) atoms. The molecule has 1 N–H and O–H groups in total. The van der Waals surface area contributed by atoms with Gasteiger partial charge in [-0.1, -0.05) is 13.0 Å². The molecule has 0 spiro atoms. The van der Waals surface area contributed by atoms with Gasteiger partial charge in [-0.3, -0.25) is 4.98 Å². The van der Waals surface area contributed by atoms with E-state index in [1.165, 1.54) is 0 Å². The molecule has 3 heteroatoms. The van der Waals surface area contributed by atoms with Gasteiger partial charge in [0.1, 0.15) is 11.5 Å². The van der Waals surface area contributed by atoms with Crippen LogP contribution in [0.5, 0.6) is 0 Å². The van der Waals surface area contributed by atoms with E-state index in [1.54, 1.807) is 0 Å². The van der Waals surface area contributed by atoms with Gasteiger partial charge >= 0.3 is 0 Å². The van der Waals surface area contributed by atoms with Crippen molar-refractivity contribution in [3.05, 3.63) is 53.2 Å². The Bertz CT molecular complexity index is 487. The molecule has 0 saturated heterocycles. The van der Waals surface area contributed by atoms with Crippen molar-refractivity contribution >= 4 is 0 Å². The van der Waals surface area contributed by atoms with Crippen molar-refractivity contribution < 1.29 is 4.42 Å². The zero-order chi connectivity index (χ0) is 13.0. The largest absolute Gasteiger partial charge is 0.464 e. The van der Waals surface area contributed by atoms with Crippen molar-refractivity contribution in [3.63, 3.8) is 0 Å². The molecule has 0 bridgehead atoms. The summed E-state index contributed by atoms with van der Waals surface area (Å²) in [6.45, 7) is 7.08. The van der Waals surface area contributed by atoms with Crippen molar-refractivity contribution in [2.45, 2.75) is 33.2 Å². The Balaban J connectivity index is 2.27. The van der Waals surface area contributed by atoms with E-state index in [1.807, 2.05) is 38.2 Å². The summed E-state index contributed by atoms with van der Waals surface area (Å²) in [5, 5.41) is 3.50. The molecule has 0 fully saturated rings. The summed E-state index contributed by atoms with van der Waals surface area (Å²) in [5.74, 6) is 1.89. The third kappa shape index (κ3) is 2.99. The topological polar surface area (TPSA) is 38.1 Å². The zero-order valence-corrected chi connectivity index (χ0v) is 11.2. The van der Waals surface area contributed by atoms with Crippen LogP contribution in [-0.2, 0) is 0 Å². The maximum Gasteiger partial charge on any atom is 0.125 e. The first-order valence-electron chi connectivity index (χ1n) is 6.43. The smallest absolute Gasteiger partial charge is 0.125 e. The van der Waals surface area contributed by atoms with Crippen molar-refractivity contribution in [1.29, 1.82) is 0 Å². The number of nitrogens with one attached hydrogen (secondary N) is 1. The monoisotopic (exact) mass is 244 g/mol. The number of pyridine rings is 1. The van der Waals surface area contributed by atoms with E-state index < -0.39 is 0 Å². The number of aryl methyl sites for hydroxylation is 2. The Labute approximate surface area is 108 Å². The average molecular weight is 244 g/mol. The Hall–Kier alpha value is -1.61. The van der Waals surface area contributed by atoms with Crippen LogP contribution in [0.25, 0.3) is 0 Å². The highest BCUT2D eigenvalue weighted by molar-refractivity contribution is 5.26. The number of rotatable bonds is 5. The molecule has 2 rings (SSSR count). The Morgan fingerprint density at radius 3 is 2.61 bits per heavy atom. The van der Waals surface area contributed by atoms with E-state index in [9.17, 15) is 0 Å². The number of nitrogens with zero attached hydrogens (tertiary/aromatic N) is 1. The second kappa shape index (κ2) is 5.83. The van der Waals surface area contributed by atoms with E-state index >= 15 is 0 Å². The summed E-state index contributed by atoms with van der Waals surface area (Å²) in [4.78, 5) is 4.36. The Morgan fingerprint density at radius 2 is 2.06 bits per heavy atom. The predicted octanol–water partition coefficient (Wildman–Crippen LogP) is 3.38. The summed E-state index contributed by atoms with van der Waals surface area (Å²) in [6.07, 6.45) is 3.01. The van der Waals surface area contributed by atoms with Crippen LogP contribution in [0.15, 0.2) is 34.9 Å². The van der Waals surface area contributed by atoms with Crippen molar-refractivity contribution in [1.82, 2.24) is 10.3 Å². The molecule has 0 aliphatic rings. The summed E-state index contributed by atoms with van der Waals surface area (Å²) in [7, 11) is 0. The first kappa shape index (κ1) is 12.8. The normalized spacial score (nSPS) is 12.6. The summed E-state index contributed by atoms with van der Waals surface area (Å²) in [6, 6.07) is 8.26. The minimum Gasteiger partial charge on any atom is -0.464 e. The van der Waals surface area contributed by atoms with Gasteiger partial charge in [-0.15, -0.1) is 0 Å². The minimum absolute atomic E-state index is 0.0896. The molecule has 0 aliphatic heterocycles. The standard InChI is InChI=1S/C15H20N2O/c1-4-9-16-15(14-8-6-12(3)18-14)13-7-5-11(2)17-10-13/h5-8,10,15-16H,4,9H2,1-3H3. The van der Waals surface area contributed by atoms with Gasteiger partial charge in [0.2, 0.25) is 0 Å². The molecule has 1 unspecified atom stereocenters. The van der Waals surface area contributed by atoms with Gasteiger partial charge in [0.15, 0.2) is 0 Å². The third-order valence-electron chi connectivity index (χ3n) is 2.91. The van der Waals surface area contributed by atoms with Crippen LogP contribution in [0, 0.1) is 13.8 Å². The highest BCUT2D eigenvalue weighted by Crippen LogP contribution is 2.23. The lowest BCUT2D eigenvalue weighted by molar-refractivity contribution is 0.430. The molecule has 2 aromatic rings. The zero-order valence-electron chi connectivity index (χ0n) is 11.2. The molecule has 0 aliphatic carbocycles. The molecule has 96 valence electrons. The lowest BCUT2D eigenvalue weighted by Gasteiger charge is -2.16. The van der Waals surface area contributed by atoms with Gasteiger partial charge in [-0.05, 0) is 50.6 Å². The van der Waals surface area contributed by atoms with Crippen LogP contribution in [0.4, 0.5) is 0 Å². The molecule has 2 aromatic heterocycles.